The number of amides is 1. The molecule has 2 saturated heterocycles. The molecule has 7 heteroatoms. The van der Waals surface area contributed by atoms with Crippen LogP contribution in [0.4, 0.5) is 0 Å². The zero-order chi connectivity index (χ0) is 18.0. The van der Waals surface area contributed by atoms with Crippen molar-refractivity contribution in [2.45, 2.75) is 44.5 Å². The van der Waals surface area contributed by atoms with E-state index in [0.717, 1.165) is 25.0 Å². The highest BCUT2D eigenvalue weighted by atomic mass is 16.6. The number of aryl methyl sites for hydroxylation is 1. The quantitative estimate of drug-likeness (QED) is 0.836. The Morgan fingerprint density at radius 3 is 2.92 bits per heavy atom. The van der Waals surface area contributed by atoms with Crippen LogP contribution in [0.3, 0.4) is 0 Å². The number of piperidine rings is 1. The highest BCUT2D eigenvalue weighted by molar-refractivity contribution is 5.92. The van der Waals surface area contributed by atoms with Crippen molar-refractivity contribution in [1.82, 2.24) is 15.0 Å². The molecule has 0 N–H and O–H groups in total. The van der Waals surface area contributed by atoms with E-state index in [1.165, 1.54) is 0 Å². The Morgan fingerprint density at radius 1 is 1.38 bits per heavy atom. The van der Waals surface area contributed by atoms with Gasteiger partial charge in [-0.25, -0.2) is 0 Å². The van der Waals surface area contributed by atoms with Crippen molar-refractivity contribution in [3.05, 3.63) is 47.6 Å². The minimum absolute atomic E-state index is 0.0716. The van der Waals surface area contributed by atoms with Gasteiger partial charge in [-0.1, -0.05) is 11.2 Å². The summed E-state index contributed by atoms with van der Waals surface area (Å²) in [6, 6.07) is 7.50. The molecule has 138 valence electrons. The first-order chi connectivity index (χ1) is 12.6. The highest BCUT2D eigenvalue weighted by Gasteiger charge is 2.44. The van der Waals surface area contributed by atoms with Crippen LogP contribution in [-0.4, -0.2) is 52.3 Å². The minimum atomic E-state index is -0.175. The molecule has 0 unspecified atom stereocenters. The Morgan fingerprint density at radius 2 is 2.23 bits per heavy atom. The van der Waals surface area contributed by atoms with Crippen LogP contribution >= 0.6 is 0 Å². The lowest BCUT2D eigenvalue weighted by atomic mass is 9.88. The first-order valence-corrected chi connectivity index (χ1v) is 9.02. The maximum Gasteiger partial charge on any atom is 0.276 e. The first-order valence-electron chi connectivity index (χ1n) is 9.02. The van der Waals surface area contributed by atoms with Gasteiger partial charge >= 0.3 is 0 Å². The Labute approximate surface area is 152 Å². The molecule has 2 fully saturated rings. The zero-order valence-electron chi connectivity index (χ0n) is 14.9. The number of nitrogens with zero attached hydrogens (tertiary/aromatic N) is 3. The molecule has 2 aromatic rings. The molecule has 0 aliphatic carbocycles. The van der Waals surface area contributed by atoms with E-state index in [2.05, 4.69) is 10.1 Å². The van der Waals surface area contributed by atoms with Gasteiger partial charge in [-0.3, -0.25) is 9.78 Å². The SMILES string of the molecule is Cc1cc(C(=O)N2CCC3(CC2)C[C@H](OCc2ccccn2)CO3)no1. The molecule has 1 atom stereocenters. The summed E-state index contributed by atoms with van der Waals surface area (Å²) >= 11 is 0. The maximum absolute atomic E-state index is 12.5. The number of ether oxygens (including phenoxy) is 2. The van der Waals surface area contributed by atoms with Gasteiger partial charge in [-0.05, 0) is 31.9 Å². The molecule has 2 aromatic heterocycles. The molecule has 1 amide bonds. The lowest BCUT2D eigenvalue weighted by molar-refractivity contribution is -0.0414. The Kier molecular flexibility index (Phi) is 4.74. The van der Waals surface area contributed by atoms with E-state index < -0.39 is 0 Å². The molecule has 1 spiro atoms. The first kappa shape index (κ1) is 17.2. The normalized spacial score (nSPS) is 22.0. The average Bonchev–Trinajstić information content (AvgIpc) is 3.28. The number of hydrogen-bond acceptors (Lipinski definition) is 6. The maximum atomic E-state index is 12.5. The van der Waals surface area contributed by atoms with Gasteiger partial charge in [0.05, 0.1) is 30.6 Å². The van der Waals surface area contributed by atoms with E-state index in [1.807, 2.05) is 23.1 Å². The summed E-state index contributed by atoms with van der Waals surface area (Å²) in [4.78, 5) is 18.6. The fourth-order valence-electron chi connectivity index (χ4n) is 3.69. The van der Waals surface area contributed by atoms with E-state index >= 15 is 0 Å². The number of rotatable bonds is 4. The standard InChI is InChI=1S/C19H23N3O4/c1-14-10-17(21-26-14)18(23)22-8-5-19(6-9-22)11-16(13-25-19)24-12-15-4-2-3-7-20-15/h2-4,7,10,16H,5-6,8-9,11-13H2,1H3/t16-/m0/s1. The van der Waals surface area contributed by atoms with Crippen LogP contribution in [0.25, 0.3) is 0 Å². The molecule has 0 saturated carbocycles. The van der Waals surface area contributed by atoms with E-state index in [-0.39, 0.29) is 17.6 Å². The smallest absolute Gasteiger partial charge is 0.276 e. The zero-order valence-corrected chi connectivity index (χ0v) is 14.9. The van der Waals surface area contributed by atoms with Crippen LogP contribution in [0.1, 0.15) is 41.2 Å². The van der Waals surface area contributed by atoms with Crippen molar-refractivity contribution in [2.75, 3.05) is 19.7 Å². The molecule has 0 aromatic carbocycles. The summed E-state index contributed by atoms with van der Waals surface area (Å²) in [5.74, 6) is 0.575. The van der Waals surface area contributed by atoms with Crippen molar-refractivity contribution >= 4 is 5.91 Å². The van der Waals surface area contributed by atoms with Gasteiger partial charge in [0, 0.05) is 31.8 Å². The monoisotopic (exact) mass is 357 g/mol. The van der Waals surface area contributed by atoms with Crippen LogP contribution in [0.5, 0.6) is 0 Å². The van der Waals surface area contributed by atoms with Crippen LogP contribution in [0, 0.1) is 6.92 Å². The van der Waals surface area contributed by atoms with Crippen LogP contribution in [0.15, 0.2) is 35.0 Å². The average molecular weight is 357 g/mol. The van der Waals surface area contributed by atoms with Crippen LogP contribution in [0.2, 0.25) is 0 Å². The summed E-state index contributed by atoms with van der Waals surface area (Å²) in [6.45, 7) is 4.21. The lowest BCUT2D eigenvalue weighted by Gasteiger charge is -2.38. The fourth-order valence-corrected chi connectivity index (χ4v) is 3.69. The van der Waals surface area contributed by atoms with Crippen molar-refractivity contribution in [3.8, 4) is 0 Å². The molecular weight excluding hydrogens is 334 g/mol. The number of hydrogen-bond donors (Lipinski definition) is 0. The van der Waals surface area contributed by atoms with Gasteiger partial charge in [0.1, 0.15) is 5.76 Å². The predicted octanol–water partition coefficient (Wildman–Crippen LogP) is 2.36. The summed E-state index contributed by atoms with van der Waals surface area (Å²) in [6.07, 6.45) is 4.36. The largest absolute Gasteiger partial charge is 0.372 e. The van der Waals surface area contributed by atoms with Crippen molar-refractivity contribution < 1.29 is 18.8 Å². The second kappa shape index (κ2) is 7.17. The van der Waals surface area contributed by atoms with Crippen molar-refractivity contribution in [1.29, 1.82) is 0 Å². The molecule has 0 bridgehead atoms. The van der Waals surface area contributed by atoms with Gasteiger partial charge < -0.3 is 18.9 Å². The molecule has 2 aliphatic rings. The van der Waals surface area contributed by atoms with E-state index in [1.54, 1.807) is 19.2 Å². The molecule has 0 radical (unpaired) electrons. The number of aromatic nitrogens is 2. The lowest BCUT2D eigenvalue weighted by Crippen LogP contribution is -2.46. The summed E-state index contributed by atoms with van der Waals surface area (Å²) in [5.41, 5.74) is 1.13. The summed E-state index contributed by atoms with van der Waals surface area (Å²) < 4.78 is 17.1. The van der Waals surface area contributed by atoms with Gasteiger partial charge in [-0.2, -0.15) is 0 Å². The molecule has 4 rings (SSSR count). The predicted molar refractivity (Wildman–Crippen MR) is 92.5 cm³/mol. The molecule has 7 nitrogen and oxygen atoms in total. The van der Waals surface area contributed by atoms with E-state index in [9.17, 15) is 4.79 Å². The van der Waals surface area contributed by atoms with Crippen LogP contribution in [-0.2, 0) is 16.1 Å². The number of carbonyl (C=O) groups excluding carboxylic acids is 1. The third-order valence-electron chi connectivity index (χ3n) is 5.18. The molecule has 4 heterocycles. The van der Waals surface area contributed by atoms with E-state index in [0.29, 0.717) is 37.8 Å². The molecule has 26 heavy (non-hydrogen) atoms. The third-order valence-corrected chi connectivity index (χ3v) is 5.18. The number of likely N-dealkylation sites (tertiary alicyclic amines) is 1. The molecule has 2 aliphatic heterocycles. The van der Waals surface area contributed by atoms with Gasteiger partial charge in [0.15, 0.2) is 5.69 Å². The highest BCUT2D eigenvalue weighted by Crippen LogP contribution is 2.37. The van der Waals surface area contributed by atoms with Crippen LogP contribution < -0.4 is 0 Å². The van der Waals surface area contributed by atoms with Gasteiger partial charge in [0.2, 0.25) is 0 Å². The topological polar surface area (TPSA) is 77.7 Å². The Balaban J connectivity index is 1.28. The number of carbonyl (C=O) groups is 1. The van der Waals surface area contributed by atoms with Gasteiger partial charge in [0.25, 0.3) is 5.91 Å². The summed E-state index contributed by atoms with van der Waals surface area (Å²) in [7, 11) is 0. The Bertz CT molecular complexity index is 753. The summed E-state index contributed by atoms with van der Waals surface area (Å²) in [5, 5.41) is 3.82. The van der Waals surface area contributed by atoms with Crippen molar-refractivity contribution in [2.24, 2.45) is 0 Å². The van der Waals surface area contributed by atoms with Gasteiger partial charge in [-0.15, -0.1) is 0 Å². The second-order valence-corrected chi connectivity index (χ2v) is 7.07. The van der Waals surface area contributed by atoms with E-state index in [4.69, 9.17) is 14.0 Å². The third kappa shape index (κ3) is 3.64. The number of pyridine rings is 1. The Hall–Kier alpha value is -2.25. The minimum Gasteiger partial charge on any atom is -0.372 e. The molecular formula is C19H23N3O4. The fraction of sp³-hybridized carbons (Fsp3) is 0.526. The van der Waals surface area contributed by atoms with Crippen molar-refractivity contribution in [3.63, 3.8) is 0 Å². The second-order valence-electron chi connectivity index (χ2n) is 7.07.